The minimum atomic E-state index is -0.392. The Kier molecular flexibility index (Phi) is 3.57. The Morgan fingerprint density at radius 3 is 2.96 bits per heavy atom. The van der Waals surface area contributed by atoms with Gasteiger partial charge in [0.05, 0.1) is 28.8 Å². The van der Waals surface area contributed by atoms with Crippen molar-refractivity contribution in [3.05, 3.63) is 47.2 Å². The third-order valence-electron chi connectivity index (χ3n) is 4.15. The molecule has 7 heteroatoms. The summed E-state index contributed by atoms with van der Waals surface area (Å²) >= 11 is 1.52. The SMILES string of the molecule is Cc1c(C(N)=O)cc(-c2csc(Nc3cccnc3)n2)n1C1CC1. The Bertz CT molecular complexity index is 895. The van der Waals surface area contributed by atoms with Crippen molar-refractivity contribution in [3.8, 4) is 11.4 Å². The van der Waals surface area contributed by atoms with Gasteiger partial charge >= 0.3 is 0 Å². The molecule has 0 unspecified atom stereocenters. The average molecular weight is 339 g/mol. The van der Waals surface area contributed by atoms with Crippen LogP contribution in [0.1, 0.15) is 34.9 Å². The van der Waals surface area contributed by atoms with Crippen molar-refractivity contribution >= 4 is 28.1 Å². The van der Waals surface area contributed by atoms with Crippen LogP contribution >= 0.6 is 11.3 Å². The first kappa shape index (κ1) is 14.9. The van der Waals surface area contributed by atoms with Crippen molar-refractivity contribution in [2.45, 2.75) is 25.8 Å². The Labute approximate surface area is 143 Å². The van der Waals surface area contributed by atoms with Gasteiger partial charge in [0.2, 0.25) is 0 Å². The fourth-order valence-electron chi connectivity index (χ4n) is 2.88. The lowest BCUT2D eigenvalue weighted by molar-refractivity contribution is 0.0999. The number of nitrogens with one attached hydrogen (secondary N) is 1. The summed E-state index contributed by atoms with van der Waals surface area (Å²) in [6.07, 6.45) is 5.75. The smallest absolute Gasteiger partial charge is 0.250 e. The van der Waals surface area contributed by atoms with Gasteiger partial charge in [-0.2, -0.15) is 0 Å². The van der Waals surface area contributed by atoms with Gasteiger partial charge in [0.25, 0.3) is 5.91 Å². The molecule has 1 fully saturated rings. The molecule has 1 saturated carbocycles. The van der Waals surface area contributed by atoms with Crippen molar-refractivity contribution in [1.29, 1.82) is 0 Å². The highest BCUT2D eigenvalue weighted by molar-refractivity contribution is 7.14. The van der Waals surface area contributed by atoms with Crippen LogP contribution in [0.25, 0.3) is 11.4 Å². The largest absolute Gasteiger partial charge is 0.366 e. The van der Waals surface area contributed by atoms with Crippen LogP contribution in [0.15, 0.2) is 36.0 Å². The summed E-state index contributed by atoms with van der Waals surface area (Å²) < 4.78 is 2.20. The minimum absolute atomic E-state index is 0.392. The number of thiazole rings is 1. The minimum Gasteiger partial charge on any atom is -0.366 e. The number of rotatable bonds is 5. The lowest BCUT2D eigenvalue weighted by Crippen LogP contribution is -2.12. The highest BCUT2D eigenvalue weighted by atomic mass is 32.1. The Balaban J connectivity index is 1.69. The third-order valence-corrected chi connectivity index (χ3v) is 4.91. The fourth-order valence-corrected chi connectivity index (χ4v) is 3.60. The fraction of sp³-hybridized carbons (Fsp3) is 0.235. The molecule has 0 bridgehead atoms. The van der Waals surface area contributed by atoms with Gasteiger partial charge < -0.3 is 15.6 Å². The number of carbonyl (C=O) groups is 1. The zero-order valence-electron chi connectivity index (χ0n) is 13.2. The molecule has 4 rings (SSSR count). The molecule has 3 aromatic heterocycles. The summed E-state index contributed by atoms with van der Waals surface area (Å²) in [6.45, 7) is 1.95. The van der Waals surface area contributed by atoms with E-state index in [0.717, 1.165) is 40.7 Å². The number of nitrogens with zero attached hydrogens (tertiary/aromatic N) is 3. The quantitative estimate of drug-likeness (QED) is 0.745. The van der Waals surface area contributed by atoms with E-state index in [1.165, 1.54) is 11.3 Å². The molecule has 3 N–H and O–H groups in total. The van der Waals surface area contributed by atoms with Crippen molar-refractivity contribution in [2.24, 2.45) is 5.73 Å². The molecule has 0 radical (unpaired) electrons. The number of hydrogen-bond acceptors (Lipinski definition) is 5. The van der Waals surface area contributed by atoms with E-state index in [1.54, 1.807) is 12.4 Å². The number of anilines is 2. The summed E-state index contributed by atoms with van der Waals surface area (Å²) in [5, 5.41) is 6.04. The van der Waals surface area contributed by atoms with Crippen molar-refractivity contribution in [2.75, 3.05) is 5.32 Å². The molecule has 3 aromatic rings. The van der Waals surface area contributed by atoms with E-state index < -0.39 is 5.91 Å². The molecule has 0 spiro atoms. The third kappa shape index (κ3) is 2.67. The normalized spacial score (nSPS) is 13.9. The molecule has 1 amide bonds. The molecule has 3 heterocycles. The predicted molar refractivity (Wildman–Crippen MR) is 94.6 cm³/mol. The molecular weight excluding hydrogens is 322 g/mol. The number of nitrogens with two attached hydrogens (primary N) is 1. The van der Waals surface area contributed by atoms with Gasteiger partial charge in [0, 0.05) is 23.3 Å². The second kappa shape index (κ2) is 5.76. The maximum Gasteiger partial charge on any atom is 0.250 e. The van der Waals surface area contributed by atoms with Crippen molar-refractivity contribution in [1.82, 2.24) is 14.5 Å². The molecule has 6 nitrogen and oxygen atoms in total. The van der Waals surface area contributed by atoms with E-state index in [2.05, 4.69) is 19.9 Å². The molecule has 24 heavy (non-hydrogen) atoms. The zero-order valence-corrected chi connectivity index (χ0v) is 14.0. The number of primary amides is 1. The monoisotopic (exact) mass is 339 g/mol. The first-order valence-corrected chi connectivity index (χ1v) is 8.66. The van der Waals surface area contributed by atoms with E-state index in [1.807, 2.05) is 30.5 Å². The van der Waals surface area contributed by atoms with Gasteiger partial charge in [-0.25, -0.2) is 4.98 Å². The van der Waals surface area contributed by atoms with Crippen molar-refractivity contribution < 1.29 is 4.79 Å². The second-order valence-electron chi connectivity index (χ2n) is 5.90. The standard InChI is InChI=1S/C17H17N5OS/c1-10-13(16(18)23)7-15(22(10)12-4-5-12)14-9-24-17(21-14)20-11-3-2-6-19-8-11/h2-3,6-9,12H,4-5H2,1H3,(H2,18,23)(H,20,21). The van der Waals surface area contributed by atoms with Crippen LogP contribution in [0, 0.1) is 6.92 Å². The Hall–Kier alpha value is -2.67. The van der Waals surface area contributed by atoms with Gasteiger partial charge in [0.1, 0.15) is 0 Å². The molecule has 122 valence electrons. The van der Waals surface area contributed by atoms with E-state index in [9.17, 15) is 4.79 Å². The molecule has 0 atom stereocenters. The lowest BCUT2D eigenvalue weighted by Gasteiger charge is -2.08. The van der Waals surface area contributed by atoms with Gasteiger partial charge in [0.15, 0.2) is 5.13 Å². The van der Waals surface area contributed by atoms with Gasteiger partial charge in [-0.15, -0.1) is 11.3 Å². The Morgan fingerprint density at radius 2 is 2.29 bits per heavy atom. The zero-order chi connectivity index (χ0) is 16.7. The molecule has 0 aliphatic heterocycles. The van der Waals surface area contributed by atoms with E-state index in [-0.39, 0.29) is 0 Å². The van der Waals surface area contributed by atoms with Crippen LogP contribution in [-0.2, 0) is 0 Å². The van der Waals surface area contributed by atoms with Gasteiger partial charge in [-0.3, -0.25) is 9.78 Å². The maximum atomic E-state index is 11.7. The van der Waals surface area contributed by atoms with E-state index in [4.69, 9.17) is 5.73 Å². The topological polar surface area (TPSA) is 85.8 Å². The number of pyridine rings is 1. The van der Waals surface area contributed by atoms with Gasteiger partial charge in [-0.05, 0) is 38.0 Å². The predicted octanol–water partition coefficient (Wildman–Crippen LogP) is 3.49. The number of aromatic nitrogens is 3. The van der Waals surface area contributed by atoms with Crippen LogP contribution in [-0.4, -0.2) is 20.4 Å². The summed E-state index contributed by atoms with van der Waals surface area (Å²) in [5.41, 5.74) is 9.72. The van der Waals surface area contributed by atoms with Crippen molar-refractivity contribution in [3.63, 3.8) is 0 Å². The first-order valence-electron chi connectivity index (χ1n) is 7.78. The van der Waals surface area contributed by atoms with Crippen LogP contribution in [0.5, 0.6) is 0 Å². The highest BCUT2D eigenvalue weighted by Gasteiger charge is 2.30. The second-order valence-corrected chi connectivity index (χ2v) is 6.76. The molecular formula is C17H17N5OS. The molecule has 0 aromatic carbocycles. The van der Waals surface area contributed by atoms with Crippen LogP contribution in [0.3, 0.4) is 0 Å². The number of hydrogen-bond donors (Lipinski definition) is 2. The van der Waals surface area contributed by atoms with E-state index >= 15 is 0 Å². The number of amides is 1. The lowest BCUT2D eigenvalue weighted by atomic mass is 10.2. The summed E-state index contributed by atoms with van der Waals surface area (Å²) in [4.78, 5) is 20.4. The molecule has 1 aliphatic rings. The summed E-state index contributed by atoms with van der Waals surface area (Å²) in [5.74, 6) is -0.392. The van der Waals surface area contributed by atoms with Crippen LogP contribution in [0.2, 0.25) is 0 Å². The maximum absolute atomic E-state index is 11.7. The molecule has 0 saturated heterocycles. The molecule has 1 aliphatic carbocycles. The van der Waals surface area contributed by atoms with Crippen LogP contribution in [0.4, 0.5) is 10.8 Å². The Morgan fingerprint density at radius 1 is 1.46 bits per heavy atom. The number of carbonyl (C=O) groups excluding carboxylic acids is 1. The van der Waals surface area contributed by atoms with Crippen LogP contribution < -0.4 is 11.1 Å². The van der Waals surface area contributed by atoms with Gasteiger partial charge in [-0.1, -0.05) is 0 Å². The summed E-state index contributed by atoms with van der Waals surface area (Å²) in [6, 6.07) is 6.12. The highest BCUT2D eigenvalue weighted by Crippen LogP contribution is 2.42. The average Bonchev–Trinajstić information content (AvgIpc) is 3.19. The summed E-state index contributed by atoms with van der Waals surface area (Å²) in [7, 11) is 0. The first-order chi connectivity index (χ1) is 11.6. The van der Waals surface area contributed by atoms with E-state index in [0.29, 0.717) is 11.6 Å².